The quantitative estimate of drug-likeness (QED) is 0.672. The van der Waals surface area contributed by atoms with E-state index in [-0.39, 0.29) is 30.6 Å². The Hall–Kier alpha value is -2.77. The van der Waals surface area contributed by atoms with Gasteiger partial charge in [-0.3, -0.25) is 14.7 Å². The number of aliphatic hydroxyl groups is 1. The summed E-state index contributed by atoms with van der Waals surface area (Å²) in [7, 11) is 2.05. The van der Waals surface area contributed by atoms with Gasteiger partial charge in [0.05, 0.1) is 18.3 Å². The molecule has 0 saturated heterocycles. The molecule has 0 spiro atoms. The van der Waals surface area contributed by atoms with Crippen molar-refractivity contribution in [1.82, 2.24) is 19.8 Å². The van der Waals surface area contributed by atoms with E-state index >= 15 is 0 Å². The van der Waals surface area contributed by atoms with Crippen LogP contribution in [-0.2, 0) is 6.54 Å². The molecule has 3 heterocycles. The molecule has 4 rings (SSSR count). The second-order valence-corrected chi connectivity index (χ2v) is 9.69. The van der Waals surface area contributed by atoms with E-state index in [0.29, 0.717) is 31.1 Å². The largest absolute Gasteiger partial charge is 0.472 e. The molecule has 1 aliphatic heterocycles. The van der Waals surface area contributed by atoms with Crippen LogP contribution >= 0.6 is 0 Å². The van der Waals surface area contributed by atoms with Gasteiger partial charge in [0.2, 0.25) is 5.88 Å². The van der Waals surface area contributed by atoms with Gasteiger partial charge in [0.15, 0.2) is 0 Å². The maximum Gasteiger partial charge on any atom is 0.259 e. The predicted molar refractivity (Wildman–Crippen MR) is 132 cm³/mol. The predicted octanol–water partition coefficient (Wildman–Crippen LogP) is 3.79. The molecule has 0 saturated carbocycles. The average molecular weight is 465 g/mol. The highest BCUT2D eigenvalue weighted by atomic mass is 16.5. The van der Waals surface area contributed by atoms with Crippen molar-refractivity contribution in [2.75, 3.05) is 26.7 Å². The number of hydrogen-bond donors (Lipinski definition) is 1. The zero-order chi connectivity index (χ0) is 24.1. The van der Waals surface area contributed by atoms with Crippen molar-refractivity contribution >= 4 is 11.5 Å². The molecular weight excluding hydrogens is 428 g/mol. The van der Waals surface area contributed by atoms with Crippen molar-refractivity contribution in [2.24, 2.45) is 5.92 Å². The van der Waals surface area contributed by atoms with Crippen LogP contribution in [0, 0.1) is 5.92 Å². The van der Waals surface area contributed by atoms with Gasteiger partial charge in [-0.1, -0.05) is 19.1 Å². The topological polar surface area (TPSA) is 78.8 Å². The number of aromatic nitrogens is 2. The number of carbonyl (C=O) groups is 1. The summed E-state index contributed by atoms with van der Waals surface area (Å²) in [5, 5.41) is 9.87. The molecule has 0 bridgehead atoms. The average Bonchev–Trinajstić information content (AvgIpc) is 2.86. The summed E-state index contributed by atoms with van der Waals surface area (Å²) in [5.74, 6) is 0.303. The molecule has 1 aliphatic carbocycles. The number of likely N-dealkylation sites (N-methyl/N-ethyl adjacent to an activating group) is 1. The second-order valence-electron chi connectivity index (χ2n) is 9.69. The van der Waals surface area contributed by atoms with E-state index in [1.807, 2.05) is 37.4 Å². The number of fused-ring (bicyclic) bond motifs is 1. The van der Waals surface area contributed by atoms with E-state index in [2.05, 4.69) is 34.9 Å². The minimum absolute atomic E-state index is 0.0554. The molecule has 2 aromatic heterocycles. The summed E-state index contributed by atoms with van der Waals surface area (Å²) in [6.07, 6.45) is 10.2. The zero-order valence-corrected chi connectivity index (χ0v) is 20.5. The highest BCUT2D eigenvalue weighted by molar-refractivity contribution is 5.97. The minimum atomic E-state index is -0.287. The zero-order valence-electron chi connectivity index (χ0n) is 20.5. The highest BCUT2D eigenvalue weighted by Gasteiger charge is 2.34. The number of nitrogens with zero attached hydrogens (tertiary/aromatic N) is 4. The number of aliphatic hydroxyl groups excluding tert-OH is 1. The highest BCUT2D eigenvalue weighted by Crippen LogP contribution is 2.32. The van der Waals surface area contributed by atoms with Gasteiger partial charge in [-0.15, -0.1) is 0 Å². The summed E-state index contributed by atoms with van der Waals surface area (Å²) < 4.78 is 6.43. The van der Waals surface area contributed by atoms with E-state index in [1.165, 1.54) is 12.0 Å². The Balaban J connectivity index is 1.63. The molecule has 0 aromatic carbocycles. The Morgan fingerprint density at radius 2 is 2.15 bits per heavy atom. The monoisotopic (exact) mass is 464 g/mol. The van der Waals surface area contributed by atoms with Gasteiger partial charge in [0.25, 0.3) is 5.91 Å². The van der Waals surface area contributed by atoms with Crippen molar-refractivity contribution in [2.45, 2.75) is 58.2 Å². The summed E-state index contributed by atoms with van der Waals surface area (Å²) >= 11 is 0. The molecule has 1 N–H and O–H groups in total. The van der Waals surface area contributed by atoms with Crippen LogP contribution in [0.25, 0.3) is 5.57 Å². The fraction of sp³-hybridized carbons (Fsp3) is 0.519. The van der Waals surface area contributed by atoms with Crippen LogP contribution in [0.1, 0.15) is 61.1 Å². The van der Waals surface area contributed by atoms with Crippen LogP contribution in [0.3, 0.4) is 0 Å². The van der Waals surface area contributed by atoms with Crippen LogP contribution in [-0.4, -0.2) is 69.7 Å². The number of allylic oxidation sites excluding steroid dienone is 2. The molecule has 0 unspecified atom stereocenters. The van der Waals surface area contributed by atoms with Crippen LogP contribution < -0.4 is 4.74 Å². The van der Waals surface area contributed by atoms with Crippen LogP contribution in [0.5, 0.6) is 5.88 Å². The van der Waals surface area contributed by atoms with Crippen molar-refractivity contribution in [3.05, 3.63) is 59.6 Å². The van der Waals surface area contributed by atoms with Gasteiger partial charge in [-0.05, 0) is 69.0 Å². The first-order valence-corrected chi connectivity index (χ1v) is 12.3. The van der Waals surface area contributed by atoms with Crippen molar-refractivity contribution in [3.63, 3.8) is 0 Å². The summed E-state index contributed by atoms with van der Waals surface area (Å²) in [4.78, 5) is 26.6. The van der Waals surface area contributed by atoms with Crippen LogP contribution in [0.2, 0.25) is 0 Å². The molecular formula is C27H36N4O3. The Morgan fingerprint density at radius 1 is 1.29 bits per heavy atom. The molecule has 34 heavy (non-hydrogen) atoms. The Bertz CT molecular complexity index is 1010. The summed E-state index contributed by atoms with van der Waals surface area (Å²) in [6, 6.07) is 7.57. The van der Waals surface area contributed by atoms with E-state index in [1.54, 1.807) is 11.1 Å². The van der Waals surface area contributed by atoms with E-state index in [0.717, 1.165) is 30.5 Å². The van der Waals surface area contributed by atoms with E-state index in [4.69, 9.17) is 4.74 Å². The molecule has 7 nitrogen and oxygen atoms in total. The van der Waals surface area contributed by atoms with E-state index in [9.17, 15) is 9.90 Å². The lowest BCUT2D eigenvalue weighted by molar-refractivity contribution is 0.0324. The molecule has 3 atom stereocenters. The van der Waals surface area contributed by atoms with Crippen molar-refractivity contribution < 1.29 is 14.6 Å². The van der Waals surface area contributed by atoms with Crippen LogP contribution in [0.15, 0.2) is 42.7 Å². The normalized spacial score (nSPS) is 21.9. The first-order chi connectivity index (χ1) is 16.5. The lowest BCUT2D eigenvalue weighted by Gasteiger charge is -2.37. The molecule has 7 heteroatoms. The maximum absolute atomic E-state index is 13.6. The maximum atomic E-state index is 13.6. The number of amides is 1. The first kappa shape index (κ1) is 24.4. The molecule has 2 aromatic rings. The minimum Gasteiger partial charge on any atom is -0.472 e. The molecule has 0 radical (unpaired) electrons. The van der Waals surface area contributed by atoms with Gasteiger partial charge in [-0.2, -0.15) is 0 Å². The summed E-state index contributed by atoms with van der Waals surface area (Å²) in [5.41, 5.74) is 3.72. The number of pyridine rings is 2. The third-order valence-electron chi connectivity index (χ3n) is 6.83. The lowest BCUT2D eigenvalue weighted by Crippen LogP contribution is -2.49. The number of hydrogen-bond acceptors (Lipinski definition) is 6. The van der Waals surface area contributed by atoms with Gasteiger partial charge in [0, 0.05) is 37.9 Å². The molecule has 182 valence electrons. The number of carbonyl (C=O) groups excluding carboxylic acids is 1. The van der Waals surface area contributed by atoms with Gasteiger partial charge < -0.3 is 14.7 Å². The smallest absolute Gasteiger partial charge is 0.259 e. The third kappa shape index (κ3) is 5.65. The lowest BCUT2D eigenvalue weighted by atomic mass is 9.93. The Labute approximate surface area is 202 Å². The standard InChI is InChI=1S/C27H36N4O3/c1-19-15-31(20(2)18-32)27(33)24-13-22(21-9-5-4-6-10-21)14-29-26(24)34-25(19)17-30(3)16-23-11-7-8-12-28-23/h7-9,11-14,19-20,25,32H,4-6,10,15-18H2,1-3H3/t19-,20+,25-/m1/s1. The third-order valence-corrected chi connectivity index (χ3v) is 6.83. The van der Waals surface area contributed by atoms with Crippen molar-refractivity contribution in [1.29, 1.82) is 0 Å². The van der Waals surface area contributed by atoms with Gasteiger partial charge >= 0.3 is 0 Å². The number of ether oxygens (including phenoxy) is 1. The van der Waals surface area contributed by atoms with E-state index < -0.39 is 0 Å². The van der Waals surface area contributed by atoms with Crippen LogP contribution in [0.4, 0.5) is 0 Å². The molecule has 0 fully saturated rings. The Kier molecular flexibility index (Phi) is 7.95. The van der Waals surface area contributed by atoms with Gasteiger partial charge in [0.1, 0.15) is 11.7 Å². The summed E-state index contributed by atoms with van der Waals surface area (Å²) in [6.45, 7) is 5.77. The number of rotatable bonds is 7. The SMILES string of the molecule is C[C@@H]1CN([C@@H](C)CO)C(=O)c2cc(C3=CCCCC3)cnc2O[C@@H]1CN(C)Cc1ccccn1. The second kappa shape index (κ2) is 11.1. The molecule has 2 aliphatic rings. The van der Waals surface area contributed by atoms with Crippen molar-refractivity contribution in [3.8, 4) is 5.88 Å². The fourth-order valence-electron chi connectivity index (χ4n) is 4.74. The van der Waals surface area contributed by atoms with Gasteiger partial charge in [-0.25, -0.2) is 4.98 Å². The molecule has 1 amide bonds. The fourth-order valence-corrected chi connectivity index (χ4v) is 4.74. The Morgan fingerprint density at radius 3 is 2.85 bits per heavy atom. The first-order valence-electron chi connectivity index (χ1n) is 12.3.